The normalized spacial score (nSPS) is 13.1. The van der Waals surface area contributed by atoms with Crippen LogP contribution in [0.2, 0.25) is 0 Å². The summed E-state index contributed by atoms with van der Waals surface area (Å²) in [5.74, 6) is -0.229. The quantitative estimate of drug-likeness (QED) is 0.688. The summed E-state index contributed by atoms with van der Waals surface area (Å²) in [6, 6.07) is 10.9. The van der Waals surface area contributed by atoms with Gasteiger partial charge in [-0.25, -0.2) is 0 Å². The molecule has 6 nitrogen and oxygen atoms in total. The van der Waals surface area contributed by atoms with Gasteiger partial charge in [0.1, 0.15) is 12.3 Å². The van der Waals surface area contributed by atoms with Crippen LogP contribution in [0, 0.1) is 5.92 Å². The number of nitrogens with one attached hydrogen (secondary N) is 3. The molecule has 2 amide bonds. The maximum atomic E-state index is 12.3. The maximum Gasteiger partial charge on any atom is 0.255 e. The Labute approximate surface area is 148 Å². The average molecular weight is 343 g/mol. The smallest absolute Gasteiger partial charge is 0.255 e. The molecule has 0 unspecified atom stereocenters. The molecule has 0 aliphatic rings. The molecule has 134 valence electrons. The molecule has 0 spiro atoms. The zero-order chi connectivity index (χ0) is 18.2. The standard InChI is InChI=1S/C19H25N3O3/c1-13(2)17(22-16-7-5-4-6-8-16)11-20-18(23)14(3)21-19(24)15-9-10-25-12-15/h4-10,12-14,17,22H,11H2,1-3H3,(H,20,23)(H,21,24)/t14-,17+/m1/s1. The Kier molecular flexibility index (Phi) is 6.62. The first kappa shape index (κ1) is 18.6. The van der Waals surface area contributed by atoms with Crippen LogP contribution < -0.4 is 16.0 Å². The lowest BCUT2D eigenvalue weighted by Gasteiger charge is -2.25. The van der Waals surface area contributed by atoms with Crippen LogP contribution in [-0.2, 0) is 4.79 Å². The van der Waals surface area contributed by atoms with E-state index in [1.807, 2.05) is 30.3 Å². The van der Waals surface area contributed by atoms with Gasteiger partial charge in [-0.15, -0.1) is 0 Å². The SMILES string of the molecule is CC(C)[C@H](CNC(=O)[C@@H](C)NC(=O)c1ccoc1)Nc1ccccc1. The van der Waals surface area contributed by atoms with Crippen molar-refractivity contribution < 1.29 is 14.0 Å². The lowest BCUT2D eigenvalue weighted by molar-refractivity contribution is -0.122. The Balaban J connectivity index is 1.84. The first-order valence-electron chi connectivity index (χ1n) is 8.39. The number of amides is 2. The highest BCUT2D eigenvalue weighted by Crippen LogP contribution is 2.11. The molecule has 0 saturated heterocycles. The molecular formula is C19H25N3O3. The van der Waals surface area contributed by atoms with Gasteiger partial charge in [-0.1, -0.05) is 32.0 Å². The number of para-hydroxylation sites is 1. The van der Waals surface area contributed by atoms with Crippen LogP contribution in [-0.4, -0.2) is 30.4 Å². The average Bonchev–Trinajstić information content (AvgIpc) is 3.13. The highest BCUT2D eigenvalue weighted by molar-refractivity contribution is 5.97. The number of carbonyl (C=O) groups excluding carboxylic acids is 2. The molecular weight excluding hydrogens is 318 g/mol. The second-order valence-electron chi connectivity index (χ2n) is 6.31. The molecule has 3 N–H and O–H groups in total. The third-order valence-electron chi connectivity index (χ3n) is 3.95. The number of anilines is 1. The zero-order valence-corrected chi connectivity index (χ0v) is 14.8. The van der Waals surface area contributed by atoms with Gasteiger partial charge in [-0.05, 0) is 31.0 Å². The molecule has 1 heterocycles. The summed E-state index contributed by atoms with van der Waals surface area (Å²) in [5.41, 5.74) is 1.40. The summed E-state index contributed by atoms with van der Waals surface area (Å²) in [7, 11) is 0. The highest BCUT2D eigenvalue weighted by atomic mass is 16.3. The minimum atomic E-state index is -0.632. The third-order valence-corrected chi connectivity index (χ3v) is 3.95. The Morgan fingerprint density at radius 1 is 1.08 bits per heavy atom. The molecule has 2 atom stereocenters. The lowest BCUT2D eigenvalue weighted by atomic mass is 10.0. The van der Waals surface area contributed by atoms with E-state index in [-0.39, 0.29) is 17.9 Å². The molecule has 1 aromatic carbocycles. The van der Waals surface area contributed by atoms with Crippen LogP contribution in [0.5, 0.6) is 0 Å². The van der Waals surface area contributed by atoms with E-state index < -0.39 is 6.04 Å². The van der Waals surface area contributed by atoms with Crippen molar-refractivity contribution in [3.8, 4) is 0 Å². The summed E-state index contributed by atoms with van der Waals surface area (Å²) in [4.78, 5) is 24.2. The van der Waals surface area contributed by atoms with Gasteiger partial charge < -0.3 is 20.4 Å². The Morgan fingerprint density at radius 2 is 1.80 bits per heavy atom. The molecule has 1 aromatic heterocycles. The number of rotatable bonds is 8. The fraction of sp³-hybridized carbons (Fsp3) is 0.368. The van der Waals surface area contributed by atoms with Crippen LogP contribution in [0.15, 0.2) is 53.3 Å². The third kappa shape index (κ3) is 5.67. The van der Waals surface area contributed by atoms with Crippen LogP contribution >= 0.6 is 0 Å². The predicted molar refractivity (Wildman–Crippen MR) is 97.3 cm³/mol. The molecule has 0 aliphatic heterocycles. The first-order valence-corrected chi connectivity index (χ1v) is 8.39. The number of furan rings is 1. The predicted octanol–water partition coefficient (Wildman–Crippen LogP) is 2.65. The molecule has 0 bridgehead atoms. The second-order valence-corrected chi connectivity index (χ2v) is 6.31. The minimum absolute atomic E-state index is 0.0862. The van der Waals surface area contributed by atoms with Crippen LogP contribution in [0.3, 0.4) is 0 Å². The lowest BCUT2D eigenvalue weighted by Crippen LogP contribution is -2.48. The largest absolute Gasteiger partial charge is 0.472 e. The molecule has 0 saturated carbocycles. The van der Waals surface area contributed by atoms with Gasteiger partial charge in [0.25, 0.3) is 5.91 Å². The fourth-order valence-corrected chi connectivity index (χ4v) is 2.30. The topological polar surface area (TPSA) is 83.4 Å². The number of hydrogen-bond donors (Lipinski definition) is 3. The molecule has 0 aliphatic carbocycles. The van der Waals surface area contributed by atoms with E-state index in [1.54, 1.807) is 13.0 Å². The zero-order valence-electron chi connectivity index (χ0n) is 14.8. The van der Waals surface area contributed by atoms with Crippen molar-refractivity contribution in [3.05, 3.63) is 54.5 Å². The summed E-state index contributed by atoms with van der Waals surface area (Å²) >= 11 is 0. The van der Waals surface area contributed by atoms with Crippen molar-refractivity contribution in [2.75, 3.05) is 11.9 Å². The van der Waals surface area contributed by atoms with Crippen molar-refractivity contribution in [2.24, 2.45) is 5.92 Å². The summed E-state index contributed by atoms with van der Waals surface area (Å²) in [6.07, 6.45) is 2.76. The Morgan fingerprint density at radius 3 is 2.40 bits per heavy atom. The van der Waals surface area contributed by atoms with E-state index >= 15 is 0 Å². The minimum Gasteiger partial charge on any atom is -0.472 e. The van der Waals surface area contributed by atoms with E-state index in [9.17, 15) is 9.59 Å². The van der Waals surface area contributed by atoms with E-state index in [1.165, 1.54) is 12.5 Å². The summed E-state index contributed by atoms with van der Waals surface area (Å²) in [5, 5.41) is 8.97. The monoisotopic (exact) mass is 343 g/mol. The van der Waals surface area contributed by atoms with Crippen LogP contribution in [0.1, 0.15) is 31.1 Å². The second kappa shape index (κ2) is 8.92. The molecule has 2 aromatic rings. The number of hydrogen-bond acceptors (Lipinski definition) is 4. The molecule has 0 fully saturated rings. The van der Waals surface area contributed by atoms with Gasteiger partial charge in [0.15, 0.2) is 0 Å². The fourth-order valence-electron chi connectivity index (χ4n) is 2.30. The van der Waals surface area contributed by atoms with E-state index in [0.29, 0.717) is 18.0 Å². The van der Waals surface area contributed by atoms with Gasteiger partial charge in [-0.2, -0.15) is 0 Å². The molecule has 6 heteroatoms. The van der Waals surface area contributed by atoms with E-state index in [4.69, 9.17) is 4.42 Å². The first-order chi connectivity index (χ1) is 12.0. The molecule has 25 heavy (non-hydrogen) atoms. The summed E-state index contributed by atoms with van der Waals surface area (Å²) < 4.78 is 4.87. The van der Waals surface area contributed by atoms with E-state index in [0.717, 1.165) is 5.69 Å². The van der Waals surface area contributed by atoms with E-state index in [2.05, 4.69) is 29.8 Å². The maximum absolute atomic E-state index is 12.3. The highest BCUT2D eigenvalue weighted by Gasteiger charge is 2.19. The van der Waals surface area contributed by atoms with Gasteiger partial charge in [0, 0.05) is 18.3 Å². The molecule has 0 radical (unpaired) electrons. The Bertz CT molecular complexity index is 668. The molecule has 2 rings (SSSR count). The van der Waals surface area contributed by atoms with Crippen molar-refractivity contribution >= 4 is 17.5 Å². The van der Waals surface area contributed by atoms with Crippen LogP contribution in [0.25, 0.3) is 0 Å². The Hall–Kier alpha value is -2.76. The van der Waals surface area contributed by atoms with Gasteiger partial charge in [-0.3, -0.25) is 9.59 Å². The van der Waals surface area contributed by atoms with Gasteiger partial charge in [0.2, 0.25) is 5.91 Å². The van der Waals surface area contributed by atoms with Crippen molar-refractivity contribution in [3.63, 3.8) is 0 Å². The number of carbonyl (C=O) groups is 2. The van der Waals surface area contributed by atoms with Gasteiger partial charge in [0.05, 0.1) is 11.8 Å². The van der Waals surface area contributed by atoms with Crippen molar-refractivity contribution in [2.45, 2.75) is 32.9 Å². The summed E-state index contributed by atoms with van der Waals surface area (Å²) in [6.45, 7) is 6.31. The van der Waals surface area contributed by atoms with Crippen molar-refractivity contribution in [1.82, 2.24) is 10.6 Å². The van der Waals surface area contributed by atoms with Crippen molar-refractivity contribution in [1.29, 1.82) is 0 Å². The number of benzene rings is 1. The van der Waals surface area contributed by atoms with Gasteiger partial charge >= 0.3 is 0 Å². The van der Waals surface area contributed by atoms with Crippen LogP contribution in [0.4, 0.5) is 5.69 Å².